The van der Waals surface area contributed by atoms with Crippen molar-refractivity contribution < 1.29 is 0 Å². The molecule has 1 saturated heterocycles. The lowest BCUT2D eigenvalue weighted by Gasteiger charge is -2.23. The minimum Gasteiger partial charge on any atom is -0.354 e. The first-order chi connectivity index (χ1) is 12.8. The zero-order valence-corrected chi connectivity index (χ0v) is 15.0. The van der Waals surface area contributed by atoms with Crippen LogP contribution in [0.5, 0.6) is 0 Å². The first-order valence-corrected chi connectivity index (χ1v) is 9.48. The van der Waals surface area contributed by atoms with Gasteiger partial charge in [0.05, 0.1) is 11.9 Å². The Kier molecular flexibility index (Phi) is 3.75. The van der Waals surface area contributed by atoms with E-state index in [0.717, 1.165) is 36.1 Å². The fourth-order valence-corrected chi connectivity index (χ4v) is 4.26. The molecule has 0 radical (unpaired) electrons. The van der Waals surface area contributed by atoms with Crippen molar-refractivity contribution in [1.29, 1.82) is 0 Å². The Labute approximate surface area is 152 Å². The smallest absolute Gasteiger partial charge is 0.155 e. The number of hydrogen-bond acceptors (Lipinski definition) is 3. The van der Waals surface area contributed by atoms with Gasteiger partial charge in [0.25, 0.3) is 0 Å². The van der Waals surface area contributed by atoms with Crippen LogP contribution >= 0.6 is 0 Å². The summed E-state index contributed by atoms with van der Waals surface area (Å²) in [5.74, 6) is 0.674. The molecule has 5 heteroatoms. The molecule has 5 rings (SSSR count). The van der Waals surface area contributed by atoms with Gasteiger partial charge in [0, 0.05) is 28.0 Å². The molecule has 3 N–H and O–H groups in total. The fourth-order valence-electron chi connectivity index (χ4n) is 4.26. The van der Waals surface area contributed by atoms with Gasteiger partial charge in [-0.1, -0.05) is 13.0 Å². The van der Waals surface area contributed by atoms with Crippen LogP contribution in [0.1, 0.15) is 36.8 Å². The van der Waals surface area contributed by atoms with Crippen LogP contribution in [0.3, 0.4) is 0 Å². The molecule has 0 unspecified atom stereocenters. The highest BCUT2D eigenvalue weighted by atomic mass is 15.1. The lowest BCUT2D eigenvalue weighted by Crippen LogP contribution is -2.26. The second-order valence-corrected chi connectivity index (χ2v) is 7.19. The van der Waals surface area contributed by atoms with E-state index in [9.17, 15) is 0 Å². The summed E-state index contributed by atoms with van der Waals surface area (Å²) in [6.07, 6.45) is 7.21. The van der Waals surface area contributed by atoms with Gasteiger partial charge in [0.15, 0.2) is 5.65 Å². The van der Waals surface area contributed by atoms with Crippen molar-refractivity contribution in [3.05, 3.63) is 47.8 Å². The number of nitrogens with one attached hydrogen (secondary N) is 3. The number of rotatable bonds is 3. The quantitative estimate of drug-likeness (QED) is 0.523. The maximum absolute atomic E-state index is 4.51. The van der Waals surface area contributed by atoms with Crippen LogP contribution < -0.4 is 5.32 Å². The molecule has 3 aromatic heterocycles. The third-order valence-corrected chi connectivity index (χ3v) is 5.67. The van der Waals surface area contributed by atoms with E-state index in [1.54, 1.807) is 0 Å². The Hall–Kier alpha value is -2.66. The molecule has 0 saturated carbocycles. The number of benzene rings is 1. The number of aromatic nitrogens is 4. The Bertz CT molecular complexity index is 1070. The van der Waals surface area contributed by atoms with E-state index in [1.165, 1.54) is 40.6 Å². The Morgan fingerprint density at radius 2 is 2.00 bits per heavy atom. The Morgan fingerprint density at radius 3 is 2.85 bits per heavy atom. The van der Waals surface area contributed by atoms with Gasteiger partial charge in [-0.15, -0.1) is 0 Å². The van der Waals surface area contributed by atoms with Crippen LogP contribution in [0.2, 0.25) is 0 Å². The summed E-state index contributed by atoms with van der Waals surface area (Å²) in [5, 5.41) is 12.9. The van der Waals surface area contributed by atoms with Crippen LogP contribution in [-0.4, -0.2) is 33.3 Å². The minimum absolute atomic E-state index is 0.674. The highest BCUT2D eigenvalue weighted by molar-refractivity contribution is 5.92. The molecule has 0 amide bonds. The van der Waals surface area contributed by atoms with Crippen molar-refractivity contribution in [2.24, 2.45) is 0 Å². The van der Waals surface area contributed by atoms with E-state index in [0.29, 0.717) is 5.92 Å². The Balaban J connectivity index is 1.63. The standard InChI is InChI=1S/C21H23N5/c1-2-17-18-10-14(13-5-7-22-8-6-13)3-4-19(18)25-20(17)15-9-16-12-24-26-21(16)23-11-15/h3-4,9-13,22,25H,2,5-8H2,1H3,(H,23,24,26). The van der Waals surface area contributed by atoms with Crippen molar-refractivity contribution in [1.82, 2.24) is 25.5 Å². The first kappa shape index (κ1) is 15.6. The number of aromatic amines is 2. The molecule has 0 bridgehead atoms. The predicted molar refractivity (Wildman–Crippen MR) is 105 cm³/mol. The summed E-state index contributed by atoms with van der Waals surface area (Å²) in [6, 6.07) is 9.12. The summed E-state index contributed by atoms with van der Waals surface area (Å²) in [4.78, 5) is 8.14. The molecular formula is C21H23N5. The van der Waals surface area contributed by atoms with Gasteiger partial charge in [-0.2, -0.15) is 5.10 Å². The number of pyridine rings is 1. The molecule has 0 atom stereocenters. The molecule has 1 aliphatic rings. The van der Waals surface area contributed by atoms with Crippen LogP contribution in [0.25, 0.3) is 33.2 Å². The second-order valence-electron chi connectivity index (χ2n) is 7.19. The molecule has 4 aromatic rings. The zero-order valence-electron chi connectivity index (χ0n) is 15.0. The summed E-state index contributed by atoms with van der Waals surface area (Å²) in [5.41, 5.74) is 7.19. The maximum Gasteiger partial charge on any atom is 0.155 e. The zero-order chi connectivity index (χ0) is 17.5. The van der Waals surface area contributed by atoms with E-state index in [4.69, 9.17) is 0 Å². The molecule has 0 aliphatic carbocycles. The van der Waals surface area contributed by atoms with E-state index < -0.39 is 0 Å². The molecule has 5 nitrogen and oxygen atoms in total. The predicted octanol–water partition coefficient (Wildman–Crippen LogP) is 4.14. The fraction of sp³-hybridized carbons (Fsp3) is 0.333. The number of aryl methyl sites for hydroxylation is 1. The van der Waals surface area contributed by atoms with Crippen LogP contribution in [0, 0.1) is 0 Å². The Morgan fingerprint density at radius 1 is 1.12 bits per heavy atom. The number of hydrogen-bond donors (Lipinski definition) is 3. The number of H-pyrrole nitrogens is 2. The lowest BCUT2D eigenvalue weighted by molar-refractivity contribution is 0.460. The third-order valence-electron chi connectivity index (χ3n) is 5.67. The number of fused-ring (bicyclic) bond motifs is 2. The summed E-state index contributed by atoms with van der Waals surface area (Å²) >= 11 is 0. The van der Waals surface area contributed by atoms with Gasteiger partial charge in [0.2, 0.25) is 0 Å². The normalized spacial score (nSPS) is 15.9. The molecule has 4 heterocycles. The van der Waals surface area contributed by atoms with E-state index >= 15 is 0 Å². The molecule has 26 heavy (non-hydrogen) atoms. The van der Waals surface area contributed by atoms with Crippen molar-refractivity contribution >= 4 is 21.9 Å². The average Bonchev–Trinajstić information content (AvgIpc) is 3.31. The highest BCUT2D eigenvalue weighted by Crippen LogP contribution is 2.34. The van der Waals surface area contributed by atoms with E-state index in [-0.39, 0.29) is 0 Å². The van der Waals surface area contributed by atoms with Crippen molar-refractivity contribution in [3.8, 4) is 11.3 Å². The SMILES string of the molecule is CCc1c(-c2cnc3[nH]ncc3c2)[nH]c2ccc(C3CCNCC3)cc12. The van der Waals surface area contributed by atoms with Gasteiger partial charge in [-0.25, -0.2) is 4.98 Å². The van der Waals surface area contributed by atoms with Gasteiger partial charge < -0.3 is 10.3 Å². The summed E-state index contributed by atoms with van der Waals surface area (Å²) < 4.78 is 0. The molecule has 132 valence electrons. The highest BCUT2D eigenvalue weighted by Gasteiger charge is 2.18. The maximum atomic E-state index is 4.51. The number of piperidine rings is 1. The molecule has 1 aromatic carbocycles. The lowest BCUT2D eigenvalue weighted by atomic mass is 9.89. The number of nitrogens with zero attached hydrogens (tertiary/aromatic N) is 2. The monoisotopic (exact) mass is 345 g/mol. The molecule has 1 aliphatic heterocycles. The van der Waals surface area contributed by atoms with Gasteiger partial charge in [-0.3, -0.25) is 5.10 Å². The van der Waals surface area contributed by atoms with Crippen molar-refractivity contribution in [2.75, 3.05) is 13.1 Å². The molecular weight excluding hydrogens is 322 g/mol. The average molecular weight is 345 g/mol. The van der Waals surface area contributed by atoms with Gasteiger partial charge in [-0.05, 0) is 67.6 Å². The molecule has 0 spiro atoms. The van der Waals surface area contributed by atoms with Crippen LogP contribution in [0.4, 0.5) is 0 Å². The largest absolute Gasteiger partial charge is 0.354 e. The van der Waals surface area contributed by atoms with Gasteiger partial charge in [0.1, 0.15) is 0 Å². The second kappa shape index (κ2) is 6.25. The molecule has 1 fully saturated rings. The van der Waals surface area contributed by atoms with E-state index in [1.807, 2.05) is 12.4 Å². The van der Waals surface area contributed by atoms with Crippen molar-refractivity contribution in [2.45, 2.75) is 32.1 Å². The summed E-state index contributed by atoms with van der Waals surface area (Å²) in [6.45, 7) is 4.48. The topological polar surface area (TPSA) is 69.4 Å². The van der Waals surface area contributed by atoms with Crippen LogP contribution in [-0.2, 0) is 6.42 Å². The van der Waals surface area contributed by atoms with Crippen LogP contribution in [0.15, 0.2) is 36.7 Å². The first-order valence-electron chi connectivity index (χ1n) is 9.48. The van der Waals surface area contributed by atoms with E-state index in [2.05, 4.69) is 56.7 Å². The van der Waals surface area contributed by atoms with Gasteiger partial charge >= 0.3 is 0 Å². The third kappa shape index (κ3) is 2.51. The minimum atomic E-state index is 0.674. The van der Waals surface area contributed by atoms with Crippen molar-refractivity contribution in [3.63, 3.8) is 0 Å². The summed E-state index contributed by atoms with van der Waals surface area (Å²) in [7, 11) is 0.